The second-order valence-electron chi connectivity index (χ2n) is 5.66. The Morgan fingerprint density at radius 3 is 2.56 bits per heavy atom. The first-order chi connectivity index (χ1) is 8.47. The Labute approximate surface area is 107 Å². The molecule has 0 unspecified atom stereocenters. The SMILES string of the molecule is CC1(C)C[C@](CC#N)(c2ccc(F)cc2)CCO1. The van der Waals surface area contributed by atoms with Crippen molar-refractivity contribution in [3.63, 3.8) is 0 Å². The molecule has 0 amide bonds. The highest BCUT2D eigenvalue weighted by molar-refractivity contribution is 5.28. The van der Waals surface area contributed by atoms with Crippen molar-refractivity contribution in [2.45, 2.75) is 44.1 Å². The minimum absolute atomic E-state index is 0.204. The molecular formula is C15H18FNO. The fourth-order valence-corrected chi connectivity index (χ4v) is 2.93. The molecule has 0 bridgehead atoms. The van der Waals surface area contributed by atoms with E-state index in [1.165, 1.54) is 12.1 Å². The molecule has 0 aromatic heterocycles. The molecule has 1 aromatic carbocycles. The molecule has 0 aliphatic carbocycles. The molecule has 0 saturated carbocycles. The van der Waals surface area contributed by atoms with Crippen LogP contribution in [0.25, 0.3) is 0 Å². The second-order valence-corrected chi connectivity index (χ2v) is 5.66. The van der Waals surface area contributed by atoms with E-state index in [1.54, 1.807) is 12.1 Å². The summed E-state index contributed by atoms with van der Waals surface area (Å²) in [6.45, 7) is 4.73. The number of nitrogens with zero attached hydrogens (tertiary/aromatic N) is 1. The first kappa shape index (κ1) is 13.0. The van der Waals surface area contributed by atoms with Crippen LogP contribution in [0, 0.1) is 17.1 Å². The predicted molar refractivity (Wildman–Crippen MR) is 67.6 cm³/mol. The van der Waals surface area contributed by atoms with E-state index in [0.29, 0.717) is 13.0 Å². The van der Waals surface area contributed by atoms with Gasteiger partial charge < -0.3 is 4.74 Å². The number of benzene rings is 1. The number of nitriles is 1. The van der Waals surface area contributed by atoms with Gasteiger partial charge in [0.1, 0.15) is 5.82 Å². The number of rotatable bonds is 2. The highest BCUT2D eigenvalue weighted by Gasteiger charge is 2.41. The summed E-state index contributed by atoms with van der Waals surface area (Å²) in [5, 5.41) is 9.10. The van der Waals surface area contributed by atoms with Crippen molar-refractivity contribution >= 4 is 0 Å². The van der Waals surface area contributed by atoms with Gasteiger partial charge in [0.05, 0.1) is 11.7 Å². The Kier molecular flexibility index (Phi) is 3.41. The van der Waals surface area contributed by atoms with Gasteiger partial charge in [-0.15, -0.1) is 0 Å². The zero-order valence-corrected chi connectivity index (χ0v) is 10.9. The van der Waals surface area contributed by atoms with Crippen LogP contribution in [0.2, 0.25) is 0 Å². The lowest BCUT2D eigenvalue weighted by molar-refractivity contribution is -0.0816. The maximum atomic E-state index is 13.0. The van der Waals surface area contributed by atoms with Gasteiger partial charge in [-0.2, -0.15) is 5.26 Å². The standard InChI is InChI=1S/C15H18FNO/c1-14(2)11-15(7-9-17,8-10-18-14)12-3-5-13(16)6-4-12/h3-6H,7-8,10-11H2,1-2H3/t15-/m1/s1. The topological polar surface area (TPSA) is 33.0 Å². The minimum atomic E-state index is -0.239. The molecule has 1 aliphatic rings. The van der Waals surface area contributed by atoms with E-state index in [9.17, 15) is 4.39 Å². The van der Waals surface area contributed by atoms with Crippen LogP contribution in [0.15, 0.2) is 24.3 Å². The van der Waals surface area contributed by atoms with Gasteiger partial charge in [-0.1, -0.05) is 12.1 Å². The van der Waals surface area contributed by atoms with E-state index in [-0.39, 0.29) is 16.8 Å². The maximum absolute atomic E-state index is 13.0. The smallest absolute Gasteiger partial charge is 0.123 e. The first-order valence-corrected chi connectivity index (χ1v) is 6.24. The van der Waals surface area contributed by atoms with Crippen molar-refractivity contribution < 1.29 is 9.13 Å². The predicted octanol–water partition coefficient (Wildman–Crippen LogP) is 3.57. The van der Waals surface area contributed by atoms with Gasteiger partial charge in [0.25, 0.3) is 0 Å². The van der Waals surface area contributed by atoms with E-state index in [1.807, 2.05) is 13.8 Å². The van der Waals surface area contributed by atoms with E-state index < -0.39 is 0 Å². The van der Waals surface area contributed by atoms with Crippen LogP contribution in [0.5, 0.6) is 0 Å². The quantitative estimate of drug-likeness (QED) is 0.800. The molecule has 1 saturated heterocycles. The van der Waals surface area contributed by atoms with Crippen molar-refractivity contribution in [1.82, 2.24) is 0 Å². The zero-order chi connectivity index (χ0) is 13.2. The third-order valence-electron chi connectivity index (χ3n) is 3.71. The molecule has 2 rings (SSSR count). The summed E-state index contributed by atoms with van der Waals surface area (Å²) in [6, 6.07) is 8.82. The summed E-state index contributed by atoms with van der Waals surface area (Å²) in [5.41, 5.74) is 0.607. The van der Waals surface area contributed by atoms with Gasteiger partial charge in [0.15, 0.2) is 0 Å². The van der Waals surface area contributed by atoms with Crippen LogP contribution in [-0.4, -0.2) is 12.2 Å². The highest BCUT2D eigenvalue weighted by Crippen LogP contribution is 2.43. The lowest BCUT2D eigenvalue weighted by atomic mass is 9.67. The van der Waals surface area contributed by atoms with Gasteiger partial charge in [-0.05, 0) is 44.4 Å². The molecule has 2 nitrogen and oxygen atoms in total. The first-order valence-electron chi connectivity index (χ1n) is 6.24. The Bertz CT molecular complexity index is 460. The molecule has 18 heavy (non-hydrogen) atoms. The molecule has 0 radical (unpaired) electrons. The van der Waals surface area contributed by atoms with E-state index in [0.717, 1.165) is 18.4 Å². The van der Waals surface area contributed by atoms with Gasteiger partial charge in [0.2, 0.25) is 0 Å². The van der Waals surface area contributed by atoms with Crippen molar-refractivity contribution in [2.24, 2.45) is 0 Å². The van der Waals surface area contributed by atoms with Crippen molar-refractivity contribution in [2.75, 3.05) is 6.61 Å². The van der Waals surface area contributed by atoms with E-state index in [4.69, 9.17) is 10.00 Å². The summed E-state index contributed by atoms with van der Waals surface area (Å²) in [6.07, 6.45) is 2.06. The van der Waals surface area contributed by atoms with Crippen LogP contribution in [0.1, 0.15) is 38.7 Å². The summed E-state index contributed by atoms with van der Waals surface area (Å²) in [4.78, 5) is 0. The summed E-state index contributed by atoms with van der Waals surface area (Å²) < 4.78 is 18.8. The zero-order valence-electron chi connectivity index (χ0n) is 10.9. The normalized spacial score (nSPS) is 26.6. The van der Waals surface area contributed by atoms with E-state index >= 15 is 0 Å². The van der Waals surface area contributed by atoms with E-state index in [2.05, 4.69) is 6.07 Å². The third-order valence-corrected chi connectivity index (χ3v) is 3.71. The molecular weight excluding hydrogens is 229 g/mol. The van der Waals surface area contributed by atoms with Crippen LogP contribution in [0.3, 0.4) is 0 Å². The van der Waals surface area contributed by atoms with Crippen molar-refractivity contribution in [3.8, 4) is 6.07 Å². The number of hydrogen-bond acceptors (Lipinski definition) is 2. The average molecular weight is 247 g/mol. The van der Waals surface area contributed by atoms with Gasteiger partial charge in [-0.3, -0.25) is 0 Å². The van der Waals surface area contributed by atoms with Crippen LogP contribution in [-0.2, 0) is 10.2 Å². The average Bonchev–Trinajstić information content (AvgIpc) is 2.28. The molecule has 1 aliphatic heterocycles. The number of hydrogen-bond donors (Lipinski definition) is 0. The lowest BCUT2D eigenvalue weighted by Gasteiger charge is -2.44. The molecule has 1 aromatic rings. The molecule has 0 spiro atoms. The number of ether oxygens (including phenoxy) is 1. The lowest BCUT2D eigenvalue weighted by Crippen LogP contribution is -2.43. The van der Waals surface area contributed by atoms with Crippen LogP contribution < -0.4 is 0 Å². The fourth-order valence-electron chi connectivity index (χ4n) is 2.93. The van der Waals surface area contributed by atoms with Crippen molar-refractivity contribution in [3.05, 3.63) is 35.6 Å². The summed E-state index contributed by atoms with van der Waals surface area (Å²) in [5.74, 6) is -0.239. The maximum Gasteiger partial charge on any atom is 0.123 e. The van der Waals surface area contributed by atoms with Gasteiger partial charge in [-0.25, -0.2) is 4.39 Å². The van der Waals surface area contributed by atoms with Gasteiger partial charge >= 0.3 is 0 Å². The molecule has 3 heteroatoms. The molecule has 1 fully saturated rings. The summed E-state index contributed by atoms with van der Waals surface area (Å²) in [7, 11) is 0. The molecule has 96 valence electrons. The van der Waals surface area contributed by atoms with Crippen LogP contribution >= 0.6 is 0 Å². The Morgan fingerprint density at radius 1 is 1.33 bits per heavy atom. The molecule has 1 atom stereocenters. The summed E-state index contributed by atoms with van der Waals surface area (Å²) >= 11 is 0. The minimum Gasteiger partial charge on any atom is -0.376 e. The third kappa shape index (κ3) is 2.54. The monoisotopic (exact) mass is 247 g/mol. The Balaban J connectivity index is 2.38. The van der Waals surface area contributed by atoms with Crippen LogP contribution in [0.4, 0.5) is 4.39 Å². The molecule has 0 N–H and O–H groups in total. The second kappa shape index (κ2) is 4.70. The van der Waals surface area contributed by atoms with Crippen molar-refractivity contribution in [1.29, 1.82) is 5.26 Å². The number of halogens is 1. The highest BCUT2D eigenvalue weighted by atomic mass is 19.1. The Morgan fingerprint density at radius 2 is 2.00 bits per heavy atom. The van der Waals surface area contributed by atoms with Gasteiger partial charge in [0, 0.05) is 18.4 Å². The largest absolute Gasteiger partial charge is 0.376 e. The molecule has 1 heterocycles. The fraction of sp³-hybridized carbons (Fsp3) is 0.533. The Hall–Kier alpha value is -1.40.